The maximum atomic E-state index is 5.20. The molecule has 0 saturated carbocycles. The van der Waals surface area contributed by atoms with Crippen LogP contribution in [0.1, 0.15) is 0 Å². The van der Waals surface area contributed by atoms with Crippen molar-refractivity contribution in [2.75, 3.05) is 0 Å². The van der Waals surface area contributed by atoms with E-state index in [2.05, 4.69) is 167 Å². The molecule has 4 aromatic heterocycles. The molecule has 0 saturated heterocycles. The van der Waals surface area contributed by atoms with Gasteiger partial charge in [0.05, 0.1) is 27.8 Å². The van der Waals surface area contributed by atoms with Crippen LogP contribution >= 0.6 is 11.3 Å². The van der Waals surface area contributed by atoms with Crippen molar-refractivity contribution in [3.05, 3.63) is 170 Å². The third kappa shape index (κ3) is 4.38. The third-order valence-electron chi connectivity index (χ3n) is 10.1. The number of aromatic nitrogens is 4. The molecule has 11 aromatic rings. The maximum absolute atomic E-state index is 5.20. The van der Waals surface area contributed by atoms with Crippen molar-refractivity contribution in [1.82, 2.24) is 19.1 Å². The topological polar surface area (TPSA) is 35.6 Å². The minimum Gasteiger partial charge on any atom is -0.317 e. The lowest BCUT2D eigenvalue weighted by Crippen LogP contribution is -1.98. The van der Waals surface area contributed by atoms with Gasteiger partial charge in [-0.3, -0.25) is 0 Å². The second-order valence-corrected chi connectivity index (χ2v) is 14.2. The maximum Gasteiger partial charge on any atom is 0.160 e. The molecule has 0 unspecified atom stereocenters. The van der Waals surface area contributed by atoms with Crippen LogP contribution < -0.4 is 0 Å². The van der Waals surface area contributed by atoms with Gasteiger partial charge in [0.2, 0.25) is 0 Å². The first-order valence-corrected chi connectivity index (χ1v) is 18.0. The summed E-state index contributed by atoms with van der Waals surface area (Å²) in [6, 6.07) is 58.5. The molecule has 0 amide bonds. The Morgan fingerprint density at radius 2 is 1.14 bits per heavy atom. The Kier molecular flexibility index (Phi) is 6.09. The number of thiophene rings is 1. The number of hydrogen-bond acceptors (Lipinski definition) is 3. The van der Waals surface area contributed by atoms with Crippen LogP contribution in [0.25, 0.3) is 97.8 Å². The first-order chi connectivity index (χ1) is 25.3. The van der Waals surface area contributed by atoms with Crippen molar-refractivity contribution < 1.29 is 0 Å². The van der Waals surface area contributed by atoms with E-state index in [4.69, 9.17) is 9.97 Å². The van der Waals surface area contributed by atoms with Crippen LogP contribution in [0.2, 0.25) is 0 Å². The van der Waals surface area contributed by atoms with Crippen molar-refractivity contribution in [2.45, 2.75) is 0 Å². The molecule has 0 aliphatic heterocycles. The SMILES string of the molecule is c1ccc(-c2nc(-c3cccc(-n4c5cc6ccn(-c7ccccc7)c6cc5c5cc6c(cc54)sc4ccccc46)c3)nc3ccccc23)cc1. The zero-order chi connectivity index (χ0) is 33.5. The highest BCUT2D eigenvalue weighted by atomic mass is 32.1. The third-order valence-corrected chi connectivity index (χ3v) is 11.3. The van der Waals surface area contributed by atoms with E-state index in [1.165, 1.54) is 52.9 Å². The normalized spacial score (nSPS) is 11.9. The smallest absolute Gasteiger partial charge is 0.160 e. The summed E-state index contributed by atoms with van der Waals surface area (Å²) in [6.07, 6.45) is 2.18. The molecule has 51 heavy (non-hydrogen) atoms. The zero-order valence-corrected chi connectivity index (χ0v) is 28.2. The minimum atomic E-state index is 0.712. The van der Waals surface area contributed by atoms with Gasteiger partial charge in [0, 0.05) is 70.4 Å². The molecule has 0 aliphatic rings. The van der Waals surface area contributed by atoms with E-state index in [0.29, 0.717) is 5.82 Å². The van der Waals surface area contributed by atoms with Crippen LogP contribution in [-0.4, -0.2) is 19.1 Å². The summed E-state index contributed by atoms with van der Waals surface area (Å²) in [4.78, 5) is 10.3. The van der Waals surface area contributed by atoms with E-state index in [-0.39, 0.29) is 0 Å². The number of nitrogens with zero attached hydrogens (tertiary/aromatic N) is 4. The Labute approximate surface area is 297 Å². The summed E-state index contributed by atoms with van der Waals surface area (Å²) in [5.74, 6) is 0.712. The van der Waals surface area contributed by atoms with Gasteiger partial charge in [0.15, 0.2) is 5.82 Å². The molecule has 0 fully saturated rings. The Morgan fingerprint density at radius 3 is 2.02 bits per heavy atom. The van der Waals surface area contributed by atoms with Crippen LogP contribution in [0, 0.1) is 0 Å². The summed E-state index contributed by atoms with van der Waals surface area (Å²) in [7, 11) is 0. The minimum absolute atomic E-state index is 0.712. The molecule has 5 heteroatoms. The standard InChI is InChI=1S/C46H28N4S/c1-3-12-29(13-4-1)45-35-19-7-9-20-39(35)47-46(48-45)31-14-11-17-33(24-31)50-41-25-30-22-23-49(32-15-5-2-6-16-32)40(30)27-37(41)36-26-38-34-18-8-10-21-43(34)51-44(38)28-42(36)50/h1-28H. The van der Waals surface area contributed by atoms with E-state index in [1.54, 1.807) is 0 Å². The largest absolute Gasteiger partial charge is 0.317 e. The molecule has 0 radical (unpaired) electrons. The van der Waals surface area contributed by atoms with Crippen molar-refractivity contribution in [3.8, 4) is 34.0 Å². The van der Waals surface area contributed by atoms with Crippen molar-refractivity contribution >= 4 is 75.1 Å². The number of fused-ring (bicyclic) bond motifs is 8. The van der Waals surface area contributed by atoms with Crippen molar-refractivity contribution in [2.24, 2.45) is 0 Å². The number of benzene rings is 7. The fourth-order valence-corrected chi connectivity index (χ4v) is 8.88. The van der Waals surface area contributed by atoms with Gasteiger partial charge in [-0.1, -0.05) is 97.1 Å². The quantitative estimate of drug-likeness (QED) is 0.187. The van der Waals surface area contributed by atoms with E-state index >= 15 is 0 Å². The molecule has 4 nitrogen and oxygen atoms in total. The van der Waals surface area contributed by atoms with Crippen LogP contribution in [-0.2, 0) is 0 Å². The molecule has 7 aromatic carbocycles. The summed E-state index contributed by atoms with van der Waals surface area (Å²) >= 11 is 1.86. The predicted molar refractivity (Wildman–Crippen MR) is 214 cm³/mol. The van der Waals surface area contributed by atoms with E-state index in [0.717, 1.165) is 39.1 Å². The molecule has 0 spiro atoms. The molecule has 0 atom stereocenters. The summed E-state index contributed by atoms with van der Waals surface area (Å²) in [5, 5.41) is 7.31. The summed E-state index contributed by atoms with van der Waals surface area (Å²) in [6.45, 7) is 0. The monoisotopic (exact) mass is 668 g/mol. The number of hydrogen-bond donors (Lipinski definition) is 0. The molecule has 0 aliphatic carbocycles. The highest BCUT2D eigenvalue weighted by molar-refractivity contribution is 7.25. The number of para-hydroxylation sites is 2. The van der Waals surface area contributed by atoms with Crippen LogP contribution in [0.3, 0.4) is 0 Å². The Bertz CT molecular complexity index is 3130. The van der Waals surface area contributed by atoms with Crippen LogP contribution in [0.15, 0.2) is 170 Å². The Morgan fingerprint density at radius 1 is 0.431 bits per heavy atom. The van der Waals surface area contributed by atoms with Gasteiger partial charge in [-0.25, -0.2) is 9.97 Å². The van der Waals surface area contributed by atoms with Gasteiger partial charge < -0.3 is 9.13 Å². The summed E-state index contributed by atoms with van der Waals surface area (Å²) < 4.78 is 7.31. The lowest BCUT2D eigenvalue weighted by atomic mass is 10.1. The second kappa shape index (κ2) is 11.0. The van der Waals surface area contributed by atoms with E-state index in [9.17, 15) is 0 Å². The van der Waals surface area contributed by atoms with Gasteiger partial charge in [0.25, 0.3) is 0 Å². The average molecular weight is 669 g/mol. The second-order valence-electron chi connectivity index (χ2n) is 13.1. The molecular formula is C46H28N4S. The number of rotatable bonds is 4. The Balaban J connectivity index is 1.18. The first kappa shape index (κ1) is 28.3. The van der Waals surface area contributed by atoms with Gasteiger partial charge in [0.1, 0.15) is 0 Å². The molecule has 238 valence electrons. The first-order valence-electron chi connectivity index (χ1n) is 17.2. The Hall–Kier alpha value is -6.56. The fraction of sp³-hybridized carbons (Fsp3) is 0. The summed E-state index contributed by atoms with van der Waals surface area (Å²) in [5.41, 5.74) is 9.70. The molecule has 4 heterocycles. The van der Waals surface area contributed by atoms with Gasteiger partial charge in [-0.05, 0) is 66.7 Å². The van der Waals surface area contributed by atoms with Crippen LogP contribution in [0.4, 0.5) is 0 Å². The highest BCUT2D eigenvalue weighted by Gasteiger charge is 2.19. The fourth-order valence-electron chi connectivity index (χ4n) is 7.76. The van der Waals surface area contributed by atoms with Gasteiger partial charge in [-0.2, -0.15) is 0 Å². The lowest BCUT2D eigenvalue weighted by molar-refractivity contribution is 1.13. The molecule has 0 N–H and O–H groups in total. The molecular weight excluding hydrogens is 641 g/mol. The molecule has 11 rings (SSSR count). The van der Waals surface area contributed by atoms with Crippen molar-refractivity contribution in [3.63, 3.8) is 0 Å². The van der Waals surface area contributed by atoms with Gasteiger partial charge in [-0.15, -0.1) is 11.3 Å². The van der Waals surface area contributed by atoms with Crippen LogP contribution in [0.5, 0.6) is 0 Å². The van der Waals surface area contributed by atoms with E-state index in [1.807, 2.05) is 23.5 Å². The molecule has 0 bridgehead atoms. The van der Waals surface area contributed by atoms with Gasteiger partial charge >= 0.3 is 0 Å². The van der Waals surface area contributed by atoms with E-state index < -0.39 is 0 Å². The zero-order valence-electron chi connectivity index (χ0n) is 27.4. The predicted octanol–water partition coefficient (Wildman–Crippen LogP) is 12.4. The average Bonchev–Trinajstić information content (AvgIpc) is 3.87. The highest BCUT2D eigenvalue weighted by Crippen LogP contribution is 2.42. The lowest BCUT2D eigenvalue weighted by Gasteiger charge is -2.12. The van der Waals surface area contributed by atoms with Crippen molar-refractivity contribution in [1.29, 1.82) is 0 Å².